The zero-order chi connectivity index (χ0) is 31.9. The van der Waals surface area contributed by atoms with Gasteiger partial charge in [0.1, 0.15) is 0 Å². The Morgan fingerprint density at radius 3 is 1.42 bits per heavy atom. The molecule has 48 heavy (non-hydrogen) atoms. The second kappa shape index (κ2) is 12.0. The summed E-state index contributed by atoms with van der Waals surface area (Å²) in [5, 5.41) is 5.11. The molecule has 1 heterocycles. The number of fused-ring (bicyclic) bond motifs is 4. The predicted octanol–water partition coefficient (Wildman–Crippen LogP) is 13.7. The van der Waals surface area contributed by atoms with Crippen molar-refractivity contribution >= 4 is 59.3 Å². The van der Waals surface area contributed by atoms with Crippen LogP contribution in [0.5, 0.6) is 0 Å². The van der Waals surface area contributed by atoms with Crippen LogP contribution in [0, 0.1) is 0 Å². The Morgan fingerprint density at radius 1 is 0.312 bits per heavy atom. The first-order chi connectivity index (χ1) is 23.8. The van der Waals surface area contributed by atoms with Crippen molar-refractivity contribution in [1.82, 2.24) is 0 Å². The lowest BCUT2D eigenvalue weighted by atomic mass is 9.91. The third kappa shape index (κ3) is 5.13. The fourth-order valence-corrected chi connectivity index (χ4v) is 8.00. The lowest BCUT2D eigenvalue weighted by Gasteiger charge is -2.26. The summed E-state index contributed by atoms with van der Waals surface area (Å²) in [6.45, 7) is 0. The monoisotopic (exact) mass is 629 g/mol. The molecule has 0 radical (unpaired) electrons. The maximum absolute atomic E-state index is 2.38. The SMILES string of the molecule is c1ccc(-c2ccc(N(c3ccc(-c4cc5ccccc5cc4-c4ccccc4)cc3)c3ccc4c(c3)sc3ccccc34)cc2)cc1. The molecule has 0 saturated carbocycles. The molecule has 0 unspecified atom stereocenters. The van der Waals surface area contributed by atoms with E-state index in [9.17, 15) is 0 Å². The highest BCUT2D eigenvalue weighted by Crippen LogP contribution is 2.42. The van der Waals surface area contributed by atoms with E-state index in [0.717, 1.165) is 17.1 Å². The smallest absolute Gasteiger partial charge is 0.0476 e. The number of hydrogen-bond donors (Lipinski definition) is 0. The molecule has 0 amide bonds. The molecule has 8 aromatic carbocycles. The first-order valence-electron chi connectivity index (χ1n) is 16.3. The molecule has 9 aromatic rings. The molecule has 0 aliphatic heterocycles. The molecule has 0 fully saturated rings. The van der Waals surface area contributed by atoms with E-state index < -0.39 is 0 Å². The van der Waals surface area contributed by atoms with E-state index in [1.807, 2.05) is 11.3 Å². The van der Waals surface area contributed by atoms with E-state index in [-0.39, 0.29) is 0 Å². The molecule has 0 aliphatic rings. The Hall–Kier alpha value is -5.96. The van der Waals surface area contributed by atoms with Crippen LogP contribution in [-0.2, 0) is 0 Å². The van der Waals surface area contributed by atoms with Gasteiger partial charge in [0.05, 0.1) is 0 Å². The fourth-order valence-electron chi connectivity index (χ4n) is 6.86. The van der Waals surface area contributed by atoms with Gasteiger partial charge in [0.2, 0.25) is 0 Å². The number of hydrogen-bond acceptors (Lipinski definition) is 2. The summed E-state index contributed by atoms with van der Waals surface area (Å²) in [7, 11) is 0. The van der Waals surface area contributed by atoms with E-state index in [0.29, 0.717) is 0 Å². The number of rotatable bonds is 6. The average Bonchev–Trinajstić information content (AvgIpc) is 3.54. The number of thiophene rings is 1. The maximum Gasteiger partial charge on any atom is 0.0476 e. The van der Waals surface area contributed by atoms with Crippen LogP contribution >= 0.6 is 11.3 Å². The summed E-state index contributed by atoms with van der Waals surface area (Å²) in [6, 6.07) is 68.2. The lowest BCUT2D eigenvalue weighted by molar-refractivity contribution is 1.29. The minimum Gasteiger partial charge on any atom is -0.310 e. The van der Waals surface area contributed by atoms with E-state index in [4.69, 9.17) is 0 Å². The molecule has 1 aromatic heterocycles. The first-order valence-corrected chi connectivity index (χ1v) is 17.2. The number of benzene rings is 8. The van der Waals surface area contributed by atoms with Crippen LogP contribution in [-0.4, -0.2) is 0 Å². The molecule has 0 atom stereocenters. The van der Waals surface area contributed by atoms with E-state index in [1.165, 1.54) is 64.3 Å². The molecule has 0 bridgehead atoms. The van der Waals surface area contributed by atoms with Gasteiger partial charge in [-0.1, -0.05) is 133 Å². The summed E-state index contributed by atoms with van der Waals surface area (Å²) >= 11 is 1.86. The lowest BCUT2D eigenvalue weighted by Crippen LogP contribution is -2.09. The van der Waals surface area contributed by atoms with Crippen molar-refractivity contribution in [3.05, 3.63) is 188 Å². The van der Waals surface area contributed by atoms with Crippen LogP contribution in [0.2, 0.25) is 0 Å². The Morgan fingerprint density at radius 2 is 0.771 bits per heavy atom. The topological polar surface area (TPSA) is 3.24 Å². The highest BCUT2D eigenvalue weighted by molar-refractivity contribution is 7.25. The Kier molecular flexibility index (Phi) is 7.07. The third-order valence-electron chi connectivity index (χ3n) is 9.26. The molecule has 0 saturated heterocycles. The van der Waals surface area contributed by atoms with E-state index >= 15 is 0 Å². The quantitative estimate of drug-likeness (QED) is 0.177. The van der Waals surface area contributed by atoms with Crippen molar-refractivity contribution < 1.29 is 0 Å². The van der Waals surface area contributed by atoms with Gasteiger partial charge in [0.25, 0.3) is 0 Å². The van der Waals surface area contributed by atoms with Crippen LogP contribution in [0.15, 0.2) is 188 Å². The standard InChI is InChI=1S/C46H31NS/c1-3-11-32(12-4-1)33-19-23-38(24-20-33)47(40-27-28-42-41-17-9-10-18-45(41)48-46(42)31-40)39-25-21-35(22-26-39)44-30-37-16-8-7-15-36(37)29-43(44)34-13-5-2-6-14-34/h1-31H. The normalized spacial score (nSPS) is 11.3. The molecular formula is C46H31NS. The summed E-state index contributed by atoms with van der Waals surface area (Å²) in [4.78, 5) is 2.38. The summed E-state index contributed by atoms with van der Waals surface area (Å²) in [5.41, 5.74) is 10.7. The van der Waals surface area contributed by atoms with Gasteiger partial charge in [0.15, 0.2) is 0 Å². The number of nitrogens with zero attached hydrogens (tertiary/aromatic N) is 1. The molecule has 0 aliphatic carbocycles. The first kappa shape index (κ1) is 28.3. The molecule has 1 nitrogen and oxygen atoms in total. The average molecular weight is 630 g/mol. The van der Waals surface area contributed by atoms with Crippen molar-refractivity contribution in [2.24, 2.45) is 0 Å². The summed E-state index contributed by atoms with van der Waals surface area (Å²) in [5.74, 6) is 0. The molecular weight excluding hydrogens is 599 g/mol. The second-order valence-corrected chi connectivity index (χ2v) is 13.3. The Labute approximate surface area is 284 Å². The summed E-state index contributed by atoms with van der Waals surface area (Å²) in [6.07, 6.45) is 0. The van der Waals surface area contributed by atoms with Gasteiger partial charge in [-0.15, -0.1) is 11.3 Å². The fraction of sp³-hybridized carbons (Fsp3) is 0. The Bertz CT molecular complexity index is 2530. The van der Waals surface area contributed by atoms with Gasteiger partial charge in [-0.05, 0) is 98.8 Å². The highest BCUT2D eigenvalue weighted by Gasteiger charge is 2.16. The third-order valence-corrected chi connectivity index (χ3v) is 10.4. The molecule has 226 valence electrons. The number of anilines is 3. The van der Waals surface area contributed by atoms with Crippen molar-refractivity contribution in [2.75, 3.05) is 4.90 Å². The van der Waals surface area contributed by atoms with Crippen molar-refractivity contribution in [2.45, 2.75) is 0 Å². The largest absolute Gasteiger partial charge is 0.310 e. The van der Waals surface area contributed by atoms with Crippen LogP contribution < -0.4 is 4.90 Å². The minimum atomic E-state index is 1.12. The zero-order valence-corrected chi connectivity index (χ0v) is 27.1. The van der Waals surface area contributed by atoms with Gasteiger partial charge >= 0.3 is 0 Å². The van der Waals surface area contributed by atoms with Crippen LogP contribution in [0.4, 0.5) is 17.1 Å². The van der Waals surface area contributed by atoms with Gasteiger partial charge in [-0.2, -0.15) is 0 Å². The van der Waals surface area contributed by atoms with E-state index in [2.05, 4.69) is 193 Å². The van der Waals surface area contributed by atoms with Crippen LogP contribution in [0.25, 0.3) is 64.3 Å². The zero-order valence-electron chi connectivity index (χ0n) is 26.3. The van der Waals surface area contributed by atoms with Crippen molar-refractivity contribution in [3.8, 4) is 33.4 Å². The molecule has 9 rings (SSSR count). The van der Waals surface area contributed by atoms with Gasteiger partial charge in [0, 0.05) is 37.2 Å². The highest BCUT2D eigenvalue weighted by atomic mass is 32.1. The molecule has 0 spiro atoms. The van der Waals surface area contributed by atoms with E-state index in [1.54, 1.807) is 0 Å². The Balaban J connectivity index is 1.17. The van der Waals surface area contributed by atoms with Crippen molar-refractivity contribution in [1.29, 1.82) is 0 Å². The van der Waals surface area contributed by atoms with Gasteiger partial charge in [-0.3, -0.25) is 0 Å². The minimum absolute atomic E-state index is 1.12. The maximum atomic E-state index is 2.38. The van der Waals surface area contributed by atoms with Gasteiger partial charge < -0.3 is 4.90 Å². The molecule has 2 heteroatoms. The predicted molar refractivity (Wildman–Crippen MR) is 208 cm³/mol. The van der Waals surface area contributed by atoms with Crippen LogP contribution in [0.3, 0.4) is 0 Å². The van der Waals surface area contributed by atoms with Gasteiger partial charge in [-0.25, -0.2) is 0 Å². The van der Waals surface area contributed by atoms with Crippen LogP contribution in [0.1, 0.15) is 0 Å². The van der Waals surface area contributed by atoms with Crippen molar-refractivity contribution in [3.63, 3.8) is 0 Å². The molecule has 0 N–H and O–H groups in total. The summed E-state index contributed by atoms with van der Waals surface area (Å²) < 4.78 is 2.61. The second-order valence-electron chi connectivity index (χ2n) is 12.2.